The Morgan fingerprint density at radius 3 is 2.53 bits per heavy atom. The van der Waals surface area contributed by atoms with Gasteiger partial charge in [0.1, 0.15) is 0 Å². The van der Waals surface area contributed by atoms with Crippen LogP contribution in [0, 0.1) is 5.41 Å². The fourth-order valence-corrected chi connectivity index (χ4v) is 1.59. The molecular weight excluding hydrogens is 188 g/mol. The standard InChI is InChI=1S/C11H20N4/c1-5-15-7-8(6-9(12)13)10(14-15)11(2,3)4/h7H,5-6H2,1-4H3,(H3,12,13). The molecule has 0 saturated heterocycles. The van der Waals surface area contributed by atoms with Gasteiger partial charge in [0.05, 0.1) is 11.5 Å². The molecule has 3 N–H and O–H groups in total. The molecule has 0 aliphatic heterocycles. The minimum atomic E-state index is 0.00516. The highest BCUT2D eigenvalue weighted by Crippen LogP contribution is 2.24. The SMILES string of the molecule is CCn1cc(CC(=N)N)c(C(C)(C)C)n1. The summed E-state index contributed by atoms with van der Waals surface area (Å²) in [5.74, 6) is 0.191. The number of rotatable bonds is 3. The first-order valence-corrected chi connectivity index (χ1v) is 5.24. The van der Waals surface area contributed by atoms with Gasteiger partial charge in [0.25, 0.3) is 0 Å². The van der Waals surface area contributed by atoms with Gasteiger partial charge < -0.3 is 5.73 Å². The summed E-state index contributed by atoms with van der Waals surface area (Å²) in [6, 6.07) is 0. The van der Waals surface area contributed by atoms with Crippen molar-refractivity contribution in [1.82, 2.24) is 9.78 Å². The molecule has 0 atom stereocenters. The van der Waals surface area contributed by atoms with E-state index >= 15 is 0 Å². The van der Waals surface area contributed by atoms with Crippen molar-refractivity contribution in [3.05, 3.63) is 17.5 Å². The van der Waals surface area contributed by atoms with Gasteiger partial charge in [-0.1, -0.05) is 20.8 Å². The van der Waals surface area contributed by atoms with Crippen LogP contribution in [0.4, 0.5) is 0 Å². The van der Waals surface area contributed by atoms with E-state index in [2.05, 4.69) is 32.8 Å². The molecule has 4 nitrogen and oxygen atoms in total. The lowest BCUT2D eigenvalue weighted by Gasteiger charge is -2.17. The molecule has 0 saturated carbocycles. The number of nitrogens with zero attached hydrogens (tertiary/aromatic N) is 2. The maximum atomic E-state index is 7.34. The van der Waals surface area contributed by atoms with Crippen molar-refractivity contribution in [2.75, 3.05) is 0 Å². The number of nitrogens with one attached hydrogen (secondary N) is 1. The summed E-state index contributed by atoms with van der Waals surface area (Å²) in [6.07, 6.45) is 2.48. The largest absolute Gasteiger partial charge is 0.387 e. The molecule has 0 bridgehead atoms. The first-order chi connectivity index (χ1) is 6.84. The molecule has 84 valence electrons. The number of nitrogens with two attached hydrogens (primary N) is 1. The van der Waals surface area contributed by atoms with E-state index in [1.54, 1.807) is 0 Å². The van der Waals surface area contributed by atoms with Gasteiger partial charge in [-0.3, -0.25) is 10.1 Å². The van der Waals surface area contributed by atoms with Gasteiger partial charge >= 0.3 is 0 Å². The number of hydrogen-bond acceptors (Lipinski definition) is 2. The third-order valence-corrected chi connectivity index (χ3v) is 2.25. The quantitative estimate of drug-likeness (QED) is 0.586. The Labute approximate surface area is 91.0 Å². The van der Waals surface area contributed by atoms with Crippen LogP contribution in [0.2, 0.25) is 0 Å². The predicted octanol–water partition coefficient (Wildman–Crippen LogP) is 1.68. The fraction of sp³-hybridized carbons (Fsp3) is 0.636. The van der Waals surface area contributed by atoms with Crippen molar-refractivity contribution in [2.24, 2.45) is 5.73 Å². The molecular formula is C11H20N4. The average molecular weight is 208 g/mol. The number of amidine groups is 1. The summed E-state index contributed by atoms with van der Waals surface area (Å²) in [7, 11) is 0. The summed E-state index contributed by atoms with van der Waals surface area (Å²) in [5, 5.41) is 11.9. The van der Waals surface area contributed by atoms with Gasteiger partial charge in [0.15, 0.2) is 0 Å². The number of hydrogen-bond donors (Lipinski definition) is 2. The van der Waals surface area contributed by atoms with Gasteiger partial charge in [-0.05, 0) is 6.92 Å². The van der Waals surface area contributed by atoms with Gasteiger partial charge in [0, 0.05) is 30.1 Å². The van der Waals surface area contributed by atoms with Crippen LogP contribution in [-0.2, 0) is 18.4 Å². The zero-order valence-corrected chi connectivity index (χ0v) is 9.96. The van der Waals surface area contributed by atoms with Crippen LogP contribution >= 0.6 is 0 Å². The zero-order valence-electron chi connectivity index (χ0n) is 9.96. The summed E-state index contributed by atoms with van der Waals surface area (Å²) in [4.78, 5) is 0. The first kappa shape index (κ1) is 11.8. The molecule has 0 spiro atoms. The van der Waals surface area contributed by atoms with Crippen LogP contribution in [0.25, 0.3) is 0 Å². The maximum absolute atomic E-state index is 7.34. The molecule has 1 aromatic rings. The predicted molar refractivity (Wildman–Crippen MR) is 62.2 cm³/mol. The van der Waals surface area contributed by atoms with E-state index in [0.29, 0.717) is 6.42 Å². The monoisotopic (exact) mass is 208 g/mol. The molecule has 0 unspecified atom stereocenters. The van der Waals surface area contributed by atoms with Crippen molar-refractivity contribution >= 4 is 5.84 Å². The van der Waals surface area contributed by atoms with Gasteiger partial charge in [-0.15, -0.1) is 0 Å². The van der Waals surface area contributed by atoms with E-state index in [0.717, 1.165) is 17.8 Å². The third kappa shape index (κ3) is 2.81. The van der Waals surface area contributed by atoms with Gasteiger partial charge in [-0.25, -0.2) is 0 Å². The van der Waals surface area contributed by atoms with E-state index in [9.17, 15) is 0 Å². The van der Waals surface area contributed by atoms with E-state index < -0.39 is 0 Å². The second-order valence-electron chi connectivity index (χ2n) is 4.81. The van der Waals surface area contributed by atoms with Crippen LogP contribution < -0.4 is 5.73 Å². The third-order valence-electron chi connectivity index (χ3n) is 2.25. The molecule has 0 radical (unpaired) electrons. The minimum absolute atomic E-state index is 0.00516. The molecule has 1 heterocycles. The molecule has 0 aliphatic rings. The van der Waals surface area contributed by atoms with E-state index in [4.69, 9.17) is 11.1 Å². The van der Waals surface area contributed by atoms with Crippen molar-refractivity contribution in [3.8, 4) is 0 Å². The second-order valence-corrected chi connectivity index (χ2v) is 4.81. The summed E-state index contributed by atoms with van der Waals surface area (Å²) < 4.78 is 1.90. The van der Waals surface area contributed by atoms with Gasteiger partial charge in [-0.2, -0.15) is 5.10 Å². The summed E-state index contributed by atoms with van der Waals surface area (Å²) in [5.41, 5.74) is 7.55. The fourth-order valence-electron chi connectivity index (χ4n) is 1.59. The lowest BCUT2D eigenvalue weighted by atomic mass is 9.89. The first-order valence-electron chi connectivity index (χ1n) is 5.24. The highest BCUT2D eigenvalue weighted by Gasteiger charge is 2.22. The summed E-state index contributed by atoms with van der Waals surface area (Å²) >= 11 is 0. The normalized spacial score (nSPS) is 11.7. The minimum Gasteiger partial charge on any atom is -0.387 e. The zero-order chi connectivity index (χ0) is 11.6. The van der Waals surface area contributed by atoms with Crippen LogP contribution in [0.3, 0.4) is 0 Å². The van der Waals surface area contributed by atoms with Crippen molar-refractivity contribution in [2.45, 2.75) is 46.1 Å². The Morgan fingerprint density at radius 2 is 2.13 bits per heavy atom. The Hall–Kier alpha value is -1.32. The Balaban J connectivity index is 3.12. The molecule has 15 heavy (non-hydrogen) atoms. The number of aromatic nitrogens is 2. The van der Waals surface area contributed by atoms with Crippen LogP contribution in [-0.4, -0.2) is 15.6 Å². The van der Waals surface area contributed by atoms with E-state index in [-0.39, 0.29) is 11.3 Å². The molecule has 0 aliphatic carbocycles. The highest BCUT2D eigenvalue weighted by molar-refractivity contribution is 5.79. The molecule has 1 rings (SSSR count). The Bertz CT molecular complexity index is 357. The Kier molecular flexibility index (Phi) is 3.17. The smallest absolute Gasteiger partial charge is 0.0951 e. The molecule has 0 aromatic carbocycles. The summed E-state index contributed by atoms with van der Waals surface area (Å²) in [6.45, 7) is 9.27. The maximum Gasteiger partial charge on any atom is 0.0951 e. The second kappa shape index (κ2) is 4.04. The molecule has 0 amide bonds. The highest BCUT2D eigenvalue weighted by atomic mass is 15.3. The van der Waals surface area contributed by atoms with E-state index in [1.165, 1.54) is 0 Å². The molecule has 0 fully saturated rings. The number of aryl methyl sites for hydroxylation is 1. The van der Waals surface area contributed by atoms with Crippen LogP contribution in [0.15, 0.2) is 6.20 Å². The molecule has 4 heteroatoms. The van der Waals surface area contributed by atoms with E-state index in [1.807, 2.05) is 10.9 Å². The lowest BCUT2D eigenvalue weighted by Crippen LogP contribution is -2.18. The van der Waals surface area contributed by atoms with Crippen LogP contribution in [0.1, 0.15) is 39.0 Å². The van der Waals surface area contributed by atoms with Gasteiger partial charge in [0.2, 0.25) is 0 Å². The average Bonchev–Trinajstić information content (AvgIpc) is 2.45. The Morgan fingerprint density at radius 1 is 1.53 bits per heavy atom. The lowest BCUT2D eigenvalue weighted by molar-refractivity contribution is 0.538. The molecule has 1 aromatic heterocycles. The topological polar surface area (TPSA) is 67.7 Å². The van der Waals surface area contributed by atoms with Crippen molar-refractivity contribution in [3.63, 3.8) is 0 Å². The van der Waals surface area contributed by atoms with Crippen molar-refractivity contribution in [1.29, 1.82) is 5.41 Å². The van der Waals surface area contributed by atoms with Crippen LogP contribution in [0.5, 0.6) is 0 Å². The van der Waals surface area contributed by atoms with Crippen molar-refractivity contribution < 1.29 is 0 Å².